The van der Waals surface area contributed by atoms with Crippen LogP contribution in [0.4, 0.5) is 0 Å². The summed E-state index contributed by atoms with van der Waals surface area (Å²) < 4.78 is 0. The molecule has 0 spiro atoms. The highest BCUT2D eigenvalue weighted by molar-refractivity contribution is 5.96. The number of amides is 2. The Kier molecular flexibility index (Phi) is 5.54. The van der Waals surface area contributed by atoms with Crippen LogP contribution in [0.25, 0.3) is 0 Å². The highest BCUT2D eigenvalue weighted by Crippen LogP contribution is 2.23. The molecule has 2 amide bonds. The minimum absolute atomic E-state index is 0.148. The van der Waals surface area contributed by atoms with Gasteiger partial charge in [0.05, 0.1) is 12.5 Å². The van der Waals surface area contributed by atoms with E-state index in [1.807, 2.05) is 19.1 Å². The zero-order valence-corrected chi connectivity index (χ0v) is 15.1. The molecule has 1 saturated heterocycles. The number of hydrogen-bond acceptors (Lipinski definition) is 3. The third-order valence-electron chi connectivity index (χ3n) is 4.76. The van der Waals surface area contributed by atoms with Crippen LogP contribution in [0, 0.1) is 0 Å². The Hall–Kier alpha value is -3.15. The van der Waals surface area contributed by atoms with Crippen molar-refractivity contribution < 1.29 is 19.5 Å². The van der Waals surface area contributed by atoms with Crippen LogP contribution < -0.4 is 0 Å². The molecule has 1 fully saturated rings. The van der Waals surface area contributed by atoms with Crippen molar-refractivity contribution in [2.24, 2.45) is 0 Å². The van der Waals surface area contributed by atoms with E-state index in [-0.39, 0.29) is 30.8 Å². The minimum atomic E-state index is -0.993. The third-order valence-corrected chi connectivity index (χ3v) is 4.76. The van der Waals surface area contributed by atoms with E-state index < -0.39 is 12.0 Å². The quantitative estimate of drug-likeness (QED) is 0.902. The normalized spacial score (nSPS) is 19.6. The van der Waals surface area contributed by atoms with Crippen LogP contribution in [0.15, 0.2) is 60.7 Å². The summed E-state index contributed by atoms with van der Waals surface area (Å²) in [5.41, 5.74) is 1.07. The van der Waals surface area contributed by atoms with Crippen molar-refractivity contribution in [3.63, 3.8) is 0 Å². The fourth-order valence-corrected chi connectivity index (χ4v) is 3.57. The van der Waals surface area contributed by atoms with Gasteiger partial charge in [0.1, 0.15) is 0 Å². The molecule has 1 heterocycles. The van der Waals surface area contributed by atoms with Gasteiger partial charge in [0.25, 0.3) is 11.8 Å². The Morgan fingerprint density at radius 3 is 1.93 bits per heavy atom. The maximum Gasteiger partial charge on any atom is 0.305 e. The average molecular weight is 366 g/mol. The number of rotatable bonds is 4. The van der Waals surface area contributed by atoms with Gasteiger partial charge in [-0.25, -0.2) is 0 Å². The summed E-state index contributed by atoms with van der Waals surface area (Å²) in [6, 6.07) is 16.8. The molecule has 2 atom stereocenters. The van der Waals surface area contributed by atoms with Crippen LogP contribution in [0.3, 0.4) is 0 Å². The molecule has 0 saturated carbocycles. The lowest BCUT2D eigenvalue weighted by atomic mass is 10.0. The first-order valence-electron chi connectivity index (χ1n) is 8.91. The molecule has 0 unspecified atom stereocenters. The third kappa shape index (κ3) is 4.16. The van der Waals surface area contributed by atoms with Crippen LogP contribution in [0.2, 0.25) is 0 Å². The summed E-state index contributed by atoms with van der Waals surface area (Å²) >= 11 is 0. The molecule has 6 heteroatoms. The highest BCUT2D eigenvalue weighted by Gasteiger charge is 2.38. The first kappa shape index (κ1) is 18.6. The summed E-state index contributed by atoms with van der Waals surface area (Å²) in [7, 11) is 0. The fraction of sp³-hybridized carbons (Fsp3) is 0.286. The van der Waals surface area contributed by atoms with E-state index in [4.69, 9.17) is 0 Å². The van der Waals surface area contributed by atoms with Gasteiger partial charge < -0.3 is 14.9 Å². The lowest BCUT2D eigenvalue weighted by Crippen LogP contribution is -2.61. The maximum atomic E-state index is 13.0. The molecule has 140 valence electrons. The van der Waals surface area contributed by atoms with Gasteiger partial charge in [-0.05, 0) is 31.2 Å². The number of hydrogen-bond donors (Lipinski definition) is 1. The van der Waals surface area contributed by atoms with E-state index in [0.29, 0.717) is 17.7 Å². The van der Waals surface area contributed by atoms with Crippen LogP contribution in [-0.4, -0.2) is 57.9 Å². The number of carbonyl (C=O) groups excluding carboxylic acids is 2. The first-order chi connectivity index (χ1) is 13.0. The lowest BCUT2D eigenvalue weighted by molar-refractivity contribution is -0.138. The number of piperazine rings is 1. The predicted octanol–water partition coefficient (Wildman–Crippen LogP) is 2.52. The minimum Gasteiger partial charge on any atom is -0.481 e. The van der Waals surface area contributed by atoms with Gasteiger partial charge in [-0.1, -0.05) is 36.4 Å². The average Bonchev–Trinajstić information content (AvgIpc) is 2.67. The van der Waals surface area contributed by atoms with E-state index >= 15 is 0 Å². The standard InChI is InChI=1S/C21H22N2O4/c1-15-13-22(20(26)16-8-4-2-5-9-16)14-18(12-19(24)25)23(15)21(27)17-10-6-3-7-11-17/h2-11,15,18H,12-14H2,1H3,(H,24,25)/t15-,18+/m1/s1. The molecule has 6 nitrogen and oxygen atoms in total. The molecule has 0 bridgehead atoms. The summed E-state index contributed by atoms with van der Waals surface area (Å²) in [5.74, 6) is -1.35. The molecule has 1 aliphatic heterocycles. The number of carboxylic acids is 1. The van der Waals surface area contributed by atoms with Crippen LogP contribution in [0.1, 0.15) is 34.1 Å². The fourth-order valence-electron chi connectivity index (χ4n) is 3.57. The van der Waals surface area contributed by atoms with Crippen molar-refractivity contribution in [3.8, 4) is 0 Å². The van der Waals surface area contributed by atoms with Gasteiger partial charge in [-0.3, -0.25) is 14.4 Å². The van der Waals surface area contributed by atoms with Crippen molar-refractivity contribution in [2.75, 3.05) is 13.1 Å². The molecule has 2 aromatic rings. The molecular weight excluding hydrogens is 344 g/mol. The van der Waals surface area contributed by atoms with Crippen molar-refractivity contribution in [1.29, 1.82) is 0 Å². The topological polar surface area (TPSA) is 77.9 Å². The zero-order valence-electron chi connectivity index (χ0n) is 15.1. The van der Waals surface area contributed by atoms with Gasteiger partial charge in [-0.15, -0.1) is 0 Å². The van der Waals surface area contributed by atoms with Crippen LogP contribution in [0.5, 0.6) is 0 Å². The number of carboxylic acid groups (broad SMARTS) is 1. The number of carbonyl (C=O) groups is 3. The van der Waals surface area contributed by atoms with Gasteiger partial charge in [0.15, 0.2) is 0 Å². The van der Waals surface area contributed by atoms with Gasteiger partial charge in [0.2, 0.25) is 0 Å². The number of aliphatic carboxylic acids is 1. The van der Waals surface area contributed by atoms with Gasteiger partial charge in [0, 0.05) is 30.3 Å². The zero-order chi connectivity index (χ0) is 19.4. The largest absolute Gasteiger partial charge is 0.481 e. The number of benzene rings is 2. The van der Waals surface area contributed by atoms with Gasteiger partial charge >= 0.3 is 5.97 Å². The summed E-state index contributed by atoms with van der Waals surface area (Å²) in [5, 5.41) is 9.32. The Balaban J connectivity index is 1.85. The van der Waals surface area contributed by atoms with E-state index in [9.17, 15) is 19.5 Å². The molecule has 0 aliphatic carbocycles. The summed E-state index contributed by atoms with van der Waals surface area (Å²) in [4.78, 5) is 40.4. The van der Waals surface area contributed by atoms with Crippen molar-refractivity contribution >= 4 is 17.8 Å². The molecule has 1 N–H and O–H groups in total. The Morgan fingerprint density at radius 1 is 0.889 bits per heavy atom. The summed E-state index contributed by atoms with van der Waals surface area (Å²) in [6.07, 6.45) is -0.207. The molecule has 27 heavy (non-hydrogen) atoms. The Labute approximate surface area is 158 Å². The SMILES string of the molecule is C[C@@H]1CN(C(=O)c2ccccc2)C[C@H](CC(=O)O)N1C(=O)c1ccccc1. The lowest BCUT2D eigenvalue weighted by Gasteiger charge is -2.45. The van der Waals surface area contributed by atoms with E-state index in [1.54, 1.807) is 58.3 Å². The second-order valence-corrected chi connectivity index (χ2v) is 6.76. The Morgan fingerprint density at radius 2 is 1.41 bits per heavy atom. The maximum absolute atomic E-state index is 13.0. The van der Waals surface area contributed by atoms with Crippen molar-refractivity contribution in [2.45, 2.75) is 25.4 Å². The monoisotopic (exact) mass is 366 g/mol. The van der Waals surface area contributed by atoms with Crippen molar-refractivity contribution in [3.05, 3.63) is 71.8 Å². The Bertz CT molecular complexity index is 823. The molecule has 1 aliphatic rings. The second-order valence-electron chi connectivity index (χ2n) is 6.76. The summed E-state index contributed by atoms with van der Waals surface area (Å²) in [6.45, 7) is 2.41. The molecule has 2 aromatic carbocycles. The van der Waals surface area contributed by atoms with E-state index in [0.717, 1.165) is 0 Å². The first-order valence-corrected chi connectivity index (χ1v) is 8.91. The van der Waals surface area contributed by atoms with Crippen LogP contribution >= 0.6 is 0 Å². The molecule has 0 radical (unpaired) electrons. The van der Waals surface area contributed by atoms with E-state index in [2.05, 4.69) is 0 Å². The predicted molar refractivity (Wildman–Crippen MR) is 100 cm³/mol. The van der Waals surface area contributed by atoms with E-state index in [1.165, 1.54) is 0 Å². The molecule has 3 rings (SSSR count). The van der Waals surface area contributed by atoms with Crippen LogP contribution in [-0.2, 0) is 4.79 Å². The smallest absolute Gasteiger partial charge is 0.305 e. The van der Waals surface area contributed by atoms with Crippen molar-refractivity contribution in [1.82, 2.24) is 9.80 Å². The molecule has 0 aromatic heterocycles. The number of nitrogens with zero attached hydrogens (tertiary/aromatic N) is 2. The second kappa shape index (κ2) is 8.03. The molecular formula is C21H22N2O4. The van der Waals surface area contributed by atoms with Gasteiger partial charge in [-0.2, -0.15) is 0 Å². The highest BCUT2D eigenvalue weighted by atomic mass is 16.4.